The highest BCUT2D eigenvalue weighted by Gasteiger charge is 1.95. The van der Waals surface area contributed by atoms with E-state index < -0.39 is 0 Å². The van der Waals surface area contributed by atoms with Crippen LogP contribution in [-0.2, 0) is 0 Å². The average molecular weight is 197 g/mol. The van der Waals surface area contributed by atoms with E-state index in [1.54, 1.807) is 6.26 Å². The molecule has 1 aromatic carbocycles. The number of allylic oxidation sites excluding steroid dienone is 1. The van der Waals surface area contributed by atoms with Gasteiger partial charge < -0.3 is 4.74 Å². The number of hydrogen-bond acceptors (Lipinski definition) is 1. The fourth-order valence-corrected chi connectivity index (χ4v) is 1.08. The van der Waals surface area contributed by atoms with Crippen LogP contribution >= 0.6 is 11.6 Å². The van der Waals surface area contributed by atoms with E-state index in [2.05, 4.69) is 6.92 Å². The molecule has 1 rings (SSSR count). The molecule has 0 aliphatic carbocycles. The topological polar surface area (TPSA) is 9.23 Å². The Bertz CT molecular complexity index is 281. The lowest BCUT2D eigenvalue weighted by Gasteiger charge is -2.00. The lowest BCUT2D eigenvalue weighted by molar-refractivity contribution is 0.478. The highest BCUT2D eigenvalue weighted by molar-refractivity contribution is 6.32. The largest absolute Gasteiger partial charge is 0.464 e. The van der Waals surface area contributed by atoms with Crippen LogP contribution in [0.4, 0.5) is 0 Å². The van der Waals surface area contributed by atoms with Gasteiger partial charge in [0.2, 0.25) is 0 Å². The number of ether oxygens (including phenoxy) is 1. The highest BCUT2D eigenvalue weighted by atomic mass is 35.5. The van der Waals surface area contributed by atoms with Crippen LogP contribution in [0.5, 0.6) is 5.75 Å². The molecule has 0 N–H and O–H groups in total. The minimum absolute atomic E-state index is 0.642. The van der Waals surface area contributed by atoms with Crippen molar-refractivity contribution in [3.05, 3.63) is 41.6 Å². The first-order chi connectivity index (χ1) is 6.34. The van der Waals surface area contributed by atoms with E-state index in [9.17, 15) is 0 Å². The molecule has 0 heterocycles. The van der Waals surface area contributed by atoms with E-state index in [4.69, 9.17) is 16.3 Å². The maximum Gasteiger partial charge on any atom is 0.145 e. The molecule has 0 fully saturated rings. The van der Waals surface area contributed by atoms with Crippen LogP contribution in [0.25, 0.3) is 0 Å². The van der Waals surface area contributed by atoms with E-state index in [0.29, 0.717) is 10.8 Å². The molecule has 0 saturated carbocycles. The molecule has 1 nitrogen and oxygen atoms in total. The summed E-state index contributed by atoms with van der Waals surface area (Å²) >= 11 is 5.88. The van der Waals surface area contributed by atoms with E-state index in [1.807, 2.05) is 30.3 Å². The molecule has 0 radical (unpaired) electrons. The predicted octanol–water partition coefficient (Wildman–Crippen LogP) is 4.03. The Labute approximate surface area is 84.0 Å². The van der Waals surface area contributed by atoms with Crippen molar-refractivity contribution < 1.29 is 4.74 Å². The molecule has 0 amide bonds. The Morgan fingerprint density at radius 3 is 2.85 bits per heavy atom. The van der Waals surface area contributed by atoms with E-state index in [0.717, 1.165) is 12.8 Å². The molecular formula is C11H13ClO. The van der Waals surface area contributed by atoms with Gasteiger partial charge >= 0.3 is 0 Å². The SMILES string of the molecule is CCCC=COc1ccccc1Cl. The molecule has 0 atom stereocenters. The van der Waals surface area contributed by atoms with Crippen molar-refractivity contribution >= 4 is 11.6 Å². The summed E-state index contributed by atoms with van der Waals surface area (Å²) in [7, 11) is 0. The van der Waals surface area contributed by atoms with Crippen LogP contribution in [0.15, 0.2) is 36.6 Å². The van der Waals surface area contributed by atoms with Gasteiger partial charge in [0.05, 0.1) is 11.3 Å². The first kappa shape index (κ1) is 10.1. The maximum atomic E-state index is 5.88. The number of unbranched alkanes of at least 4 members (excludes halogenated alkanes) is 1. The van der Waals surface area contributed by atoms with E-state index in [1.165, 1.54) is 0 Å². The second kappa shape index (κ2) is 5.65. The standard InChI is InChI=1S/C11H13ClO/c1-2-3-6-9-13-11-8-5-4-7-10(11)12/h4-9H,2-3H2,1H3. The molecule has 70 valence electrons. The molecule has 0 bridgehead atoms. The van der Waals surface area contributed by atoms with Gasteiger partial charge in [-0.1, -0.05) is 37.1 Å². The van der Waals surface area contributed by atoms with Crippen molar-refractivity contribution in [3.8, 4) is 5.75 Å². The van der Waals surface area contributed by atoms with Gasteiger partial charge in [-0.05, 0) is 24.6 Å². The fourth-order valence-electron chi connectivity index (χ4n) is 0.896. The van der Waals surface area contributed by atoms with Gasteiger partial charge in [0, 0.05) is 0 Å². The lowest BCUT2D eigenvalue weighted by atomic mass is 10.3. The predicted molar refractivity (Wildman–Crippen MR) is 56.1 cm³/mol. The fraction of sp³-hybridized carbons (Fsp3) is 0.273. The minimum atomic E-state index is 0.642. The number of para-hydroxylation sites is 1. The van der Waals surface area contributed by atoms with Crippen LogP contribution in [0.2, 0.25) is 5.02 Å². The van der Waals surface area contributed by atoms with Crippen molar-refractivity contribution in [3.63, 3.8) is 0 Å². The zero-order valence-electron chi connectivity index (χ0n) is 7.66. The van der Waals surface area contributed by atoms with Crippen molar-refractivity contribution in [2.75, 3.05) is 0 Å². The smallest absolute Gasteiger partial charge is 0.145 e. The quantitative estimate of drug-likeness (QED) is 0.661. The first-order valence-electron chi connectivity index (χ1n) is 4.40. The van der Waals surface area contributed by atoms with Crippen LogP contribution in [0, 0.1) is 0 Å². The summed E-state index contributed by atoms with van der Waals surface area (Å²) in [6.07, 6.45) is 5.83. The van der Waals surface area contributed by atoms with Gasteiger partial charge in [-0.3, -0.25) is 0 Å². The van der Waals surface area contributed by atoms with Crippen LogP contribution < -0.4 is 4.74 Å². The normalized spacial score (nSPS) is 10.6. The number of rotatable bonds is 4. The second-order valence-corrected chi connectivity index (χ2v) is 3.12. The molecule has 1 aromatic rings. The van der Waals surface area contributed by atoms with Crippen LogP contribution in [-0.4, -0.2) is 0 Å². The van der Waals surface area contributed by atoms with E-state index in [-0.39, 0.29) is 0 Å². The summed E-state index contributed by atoms with van der Waals surface area (Å²) in [5, 5.41) is 0.642. The molecule has 0 aromatic heterocycles. The Kier molecular flexibility index (Phi) is 4.41. The third kappa shape index (κ3) is 3.51. The molecule has 0 aliphatic heterocycles. The third-order valence-electron chi connectivity index (χ3n) is 1.58. The molecule has 0 spiro atoms. The molecular weight excluding hydrogens is 184 g/mol. The van der Waals surface area contributed by atoms with Crippen molar-refractivity contribution in [1.82, 2.24) is 0 Å². The minimum Gasteiger partial charge on any atom is -0.464 e. The summed E-state index contributed by atoms with van der Waals surface area (Å²) in [5.74, 6) is 0.705. The zero-order valence-corrected chi connectivity index (χ0v) is 8.42. The second-order valence-electron chi connectivity index (χ2n) is 2.71. The van der Waals surface area contributed by atoms with Crippen LogP contribution in [0.3, 0.4) is 0 Å². The monoisotopic (exact) mass is 196 g/mol. The van der Waals surface area contributed by atoms with Gasteiger partial charge in [0.1, 0.15) is 5.75 Å². The molecule has 0 unspecified atom stereocenters. The Balaban J connectivity index is 2.49. The number of halogens is 1. The molecule has 0 saturated heterocycles. The Morgan fingerprint density at radius 1 is 1.38 bits per heavy atom. The van der Waals surface area contributed by atoms with E-state index >= 15 is 0 Å². The van der Waals surface area contributed by atoms with Crippen molar-refractivity contribution in [2.24, 2.45) is 0 Å². The van der Waals surface area contributed by atoms with Crippen LogP contribution in [0.1, 0.15) is 19.8 Å². The van der Waals surface area contributed by atoms with Gasteiger partial charge in [0.15, 0.2) is 0 Å². The zero-order chi connectivity index (χ0) is 9.52. The van der Waals surface area contributed by atoms with Gasteiger partial charge in [0.25, 0.3) is 0 Å². The number of hydrogen-bond donors (Lipinski definition) is 0. The van der Waals surface area contributed by atoms with Gasteiger partial charge in [-0.15, -0.1) is 0 Å². The van der Waals surface area contributed by atoms with Gasteiger partial charge in [-0.25, -0.2) is 0 Å². The average Bonchev–Trinajstić information content (AvgIpc) is 2.15. The number of benzene rings is 1. The van der Waals surface area contributed by atoms with Crippen molar-refractivity contribution in [2.45, 2.75) is 19.8 Å². The summed E-state index contributed by atoms with van der Waals surface area (Å²) in [4.78, 5) is 0. The first-order valence-corrected chi connectivity index (χ1v) is 4.78. The summed E-state index contributed by atoms with van der Waals surface area (Å²) in [6.45, 7) is 2.12. The van der Waals surface area contributed by atoms with Gasteiger partial charge in [-0.2, -0.15) is 0 Å². The molecule has 2 heteroatoms. The summed E-state index contributed by atoms with van der Waals surface area (Å²) in [5.41, 5.74) is 0. The highest BCUT2D eigenvalue weighted by Crippen LogP contribution is 2.23. The summed E-state index contributed by atoms with van der Waals surface area (Å²) in [6, 6.07) is 7.43. The summed E-state index contributed by atoms with van der Waals surface area (Å²) < 4.78 is 5.33. The maximum absolute atomic E-state index is 5.88. The van der Waals surface area contributed by atoms with Crippen molar-refractivity contribution in [1.29, 1.82) is 0 Å². The Hall–Kier alpha value is -0.950. The lowest BCUT2D eigenvalue weighted by Crippen LogP contribution is -1.82. The Morgan fingerprint density at radius 2 is 2.15 bits per heavy atom. The molecule has 13 heavy (non-hydrogen) atoms. The molecule has 0 aliphatic rings. The third-order valence-corrected chi connectivity index (χ3v) is 1.90.